The zero-order valence-corrected chi connectivity index (χ0v) is 28.8. The van der Waals surface area contributed by atoms with Crippen LogP contribution in [0.25, 0.3) is 89.2 Å². The summed E-state index contributed by atoms with van der Waals surface area (Å²) in [5.41, 5.74) is 14.0. The van der Waals surface area contributed by atoms with Crippen molar-refractivity contribution in [3.8, 4) is 89.9 Å². The van der Waals surface area contributed by atoms with E-state index in [2.05, 4.69) is 170 Å². The van der Waals surface area contributed by atoms with Crippen molar-refractivity contribution in [2.45, 2.75) is 0 Å². The molecule has 3 nitrogen and oxygen atoms in total. The van der Waals surface area contributed by atoms with Gasteiger partial charge in [0.1, 0.15) is 11.5 Å². The van der Waals surface area contributed by atoms with E-state index in [1.165, 1.54) is 22.1 Å². The molecule has 0 saturated carbocycles. The molecule has 1 aliphatic rings. The van der Waals surface area contributed by atoms with Crippen molar-refractivity contribution in [2.24, 2.45) is 0 Å². The Bertz CT molecular complexity index is 2770. The highest BCUT2D eigenvalue weighted by Gasteiger charge is 2.20. The van der Waals surface area contributed by atoms with Crippen LogP contribution in [0.2, 0.25) is 0 Å². The van der Waals surface area contributed by atoms with Crippen LogP contribution in [0.1, 0.15) is 0 Å². The lowest BCUT2D eigenvalue weighted by Crippen LogP contribution is -1.97. The summed E-state index contributed by atoms with van der Waals surface area (Å²) in [5.74, 6) is 2.48. The van der Waals surface area contributed by atoms with Crippen molar-refractivity contribution in [3.63, 3.8) is 0 Å². The Morgan fingerprint density at radius 2 is 0.868 bits per heavy atom. The predicted molar refractivity (Wildman–Crippen MR) is 218 cm³/mol. The third kappa shape index (κ3) is 5.65. The van der Waals surface area contributed by atoms with Crippen molar-refractivity contribution >= 4 is 10.8 Å². The molecular formula is C50H32N2O. The van der Waals surface area contributed by atoms with Crippen LogP contribution < -0.4 is 4.74 Å². The number of hydrogen-bond donors (Lipinski definition) is 0. The van der Waals surface area contributed by atoms with Gasteiger partial charge in [0, 0.05) is 27.6 Å². The molecule has 8 aromatic carbocycles. The number of aromatic nitrogens is 2. The van der Waals surface area contributed by atoms with Crippen molar-refractivity contribution < 1.29 is 4.74 Å². The Hall–Kier alpha value is -7.10. The first-order valence-electron chi connectivity index (χ1n) is 17.9. The van der Waals surface area contributed by atoms with Crippen LogP contribution >= 0.6 is 0 Å². The number of ether oxygens (including phenoxy) is 1. The molecule has 9 aromatic rings. The van der Waals surface area contributed by atoms with E-state index in [0.717, 1.165) is 72.8 Å². The van der Waals surface area contributed by atoms with Gasteiger partial charge in [-0.1, -0.05) is 164 Å². The Morgan fingerprint density at radius 3 is 1.58 bits per heavy atom. The zero-order chi connectivity index (χ0) is 35.1. The van der Waals surface area contributed by atoms with Crippen LogP contribution in [0.5, 0.6) is 11.5 Å². The number of rotatable bonds is 6. The lowest BCUT2D eigenvalue weighted by Gasteiger charge is -2.22. The zero-order valence-electron chi connectivity index (χ0n) is 28.8. The normalized spacial score (nSPS) is 11.5. The van der Waals surface area contributed by atoms with E-state index in [9.17, 15) is 0 Å². The number of hydrogen-bond acceptors (Lipinski definition) is 3. The number of nitrogens with zero attached hydrogens (tertiary/aromatic N) is 2. The van der Waals surface area contributed by atoms with Gasteiger partial charge in [-0.2, -0.15) is 0 Å². The Morgan fingerprint density at radius 1 is 0.302 bits per heavy atom. The molecule has 0 amide bonds. The van der Waals surface area contributed by atoms with Gasteiger partial charge in [-0.05, 0) is 74.7 Å². The maximum absolute atomic E-state index is 6.36. The average Bonchev–Trinajstić information content (AvgIpc) is 3.24. The molecule has 0 aliphatic carbocycles. The van der Waals surface area contributed by atoms with E-state index < -0.39 is 0 Å². The van der Waals surface area contributed by atoms with Gasteiger partial charge in [-0.15, -0.1) is 0 Å². The maximum Gasteiger partial charge on any atom is 0.160 e. The molecule has 53 heavy (non-hydrogen) atoms. The second kappa shape index (κ2) is 12.9. The summed E-state index contributed by atoms with van der Waals surface area (Å²) in [6.45, 7) is 0. The standard InChI is InChI=1S/C50H32N2O/c1-4-12-34(13-5-1)41-28-26-40(31-43(41)35-14-6-2-7-15-35)46-32-45(51-50(52-46)38-16-8-3-9-17-38)36-24-22-33(23-25-36)39-27-29-47-44(30-39)42-20-10-18-37-19-11-21-48(53-47)49(37)42/h1-32H. The van der Waals surface area contributed by atoms with Crippen LogP contribution in [0.4, 0.5) is 0 Å². The summed E-state index contributed by atoms with van der Waals surface area (Å²) in [5, 5.41) is 2.34. The molecule has 1 aliphatic heterocycles. The molecule has 0 spiro atoms. The number of benzene rings is 8. The minimum absolute atomic E-state index is 0.694. The summed E-state index contributed by atoms with van der Waals surface area (Å²) in [4.78, 5) is 10.3. The van der Waals surface area contributed by atoms with Gasteiger partial charge in [0.15, 0.2) is 5.82 Å². The van der Waals surface area contributed by atoms with E-state index in [1.54, 1.807) is 0 Å². The summed E-state index contributed by atoms with van der Waals surface area (Å²) in [6, 6.07) is 68.0. The minimum atomic E-state index is 0.694. The van der Waals surface area contributed by atoms with Crippen LogP contribution in [0.15, 0.2) is 194 Å². The monoisotopic (exact) mass is 676 g/mol. The highest BCUT2D eigenvalue weighted by atomic mass is 16.5. The van der Waals surface area contributed by atoms with Crippen molar-refractivity contribution in [1.82, 2.24) is 9.97 Å². The topological polar surface area (TPSA) is 35.0 Å². The average molecular weight is 677 g/mol. The fourth-order valence-corrected chi connectivity index (χ4v) is 7.47. The second-order valence-electron chi connectivity index (χ2n) is 13.4. The molecule has 10 rings (SSSR count). The van der Waals surface area contributed by atoms with Crippen LogP contribution in [0, 0.1) is 0 Å². The molecule has 0 radical (unpaired) electrons. The molecule has 3 heteroatoms. The quantitative estimate of drug-likeness (QED) is 0.176. The molecule has 0 unspecified atom stereocenters. The molecule has 248 valence electrons. The molecule has 2 heterocycles. The van der Waals surface area contributed by atoms with E-state index in [1.807, 2.05) is 24.3 Å². The highest BCUT2D eigenvalue weighted by Crippen LogP contribution is 2.47. The van der Waals surface area contributed by atoms with E-state index in [4.69, 9.17) is 14.7 Å². The summed E-state index contributed by atoms with van der Waals surface area (Å²) in [7, 11) is 0. The van der Waals surface area contributed by atoms with E-state index in [-0.39, 0.29) is 0 Å². The first-order chi connectivity index (χ1) is 26.2. The maximum atomic E-state index is 6.36. The van der Waals surface area contributed by atoms with Gasteiger partial charge < -0.3 is 4.74 Å². The molecule has 0 atom stereocenters. The van der Waals surface area contributed by atoms with Gasteiger partial charge in [0.2, 0.25) is 0 Å². The molecule has 0 fully saturated rings. The Labute approximate surface area is 308 Å². The fourth-order valence-electron chi connectivity index (χ4n) is 7.47. The van der Waals surface area contributed by atoms with E-state index >= 15 is 0 Å². The SMILES string of the molecule is c1ccc(-c2nc(-c3ccc(-c4ccc5c(c4)-c4cccc6cccc(c46)O5)cc3)cc(-c3ccc(-c4ccccc4)c(-c4ccccc4)c3)n2)cc1. The van der Waals surface area contributed by atoms with Crippen molar-refractivity contribution in [1.29, 1.82) is 0 Å². The highest BCUT2D eigenvalue weighted by molar-refractivity contribution is 6.04. The largest absolute Gasteiger partial charge is 0.456 e. The molecular weight excluding hydrogens is 645 g/mol. The van der Waals surface area contributed by atoms with Gasteiger partial charge in [0.05, 0.1) is 11.4 Å². The fraction of sp³-hybridized carbons (Fsp3) is 0. The Balaban J connectivity index is 1.06. The van der Waals surface area contributed by atoms with Gasteiger partial charge >= 0.3 is 0 Å². The third-order valence-corrected chi connectivity index (χ3v) is 10.1. The predicted octanol–water partition coefficient (Wildman–Crippen LogP) is 13.4. The summed E-state index contributed by atoms with van der Waals surface area (Å²) >= 11 is 0. The first-order valence-corrected chi connectivity index (χ1v) is 17.9. The molecule has 1 aromatic heterocycles. The number of fused-ring (bicyclic) bond motifs is 2. The molecule has 0 N–H and O–H groups in total. The smallest absolute Gasteiger partial charge is 0.160 e. The minimum Gasteiger partial charge on any atom is -0.456 e. The van der Waals surface area contributed by atoms with Crippen LogP contribution in [-0.2, 0) is 0 Å². The van der Waals surface area contributed by atoms with Crippen LogP contribution in [0.3, 0.4) is 0 Å². The van der Waals surface area contributed by atoms with Crippen molar-refractivity contribution in [3.05, 3.63) is 194 Å². The lowest BCUT2D eigenvalue weighted by molar-refractivity contribution is 0.487. The van der Waals surface area contributed by atoms with Gasteiger partial charge in [0.25, 0.3) is 0 Å². The first kappa shape index (κ1) is 30.7. The third-order valence-electron chi connectivity index (χ3n) is 10.1. The summed E-state index contributed by atoms with van der Waals surface area (Å²) in [6.07, 6.45) is 0. The van der Waals surface area contributed by atoms with Crippen LogP contribution in [-0.4, -0.2) is 9.97 Å². The second-order valence-corrected chi connectivity index (χ2v) is 13.4. The van der Waals surface area contributed by atoms with Gasteiger partial charge in [-0.25, -0.2) is 9.97 Å². The summed E-state index contributed by atoms with van der Waals surface area (Å²) < 4.78 is 6.36. The Kier molecular flexibility index (Phi) is 7.47. The molecule has 0 bridgehead atoms. The lowest BCUT2D eigenvalue weighted by atomic mass is 9.91. The molecule has 0 saturated heterocycles. The van der Waals surface area contributed by atoms with Crippen molar-refractivity contribution in [2.75, 3.05) is 0 Å². The van der Waals surface area contributed by atoms with Gasteiger partial charge in [-0.3, -0.25) is 0 Å². The van der Waals surface area contributed by atoms with E-state index in [0.29, 0.717) is 5.82 Å².